The normalized spacial score (nSPS) is 17.0. The van der Waals surface area contributed by atoms with E-state index in [2.05, 4.69) is 42.8 Å². The highest BCUT2D eigenvalue weighted by Crippen LogP contribution is 2.27. The molecule has 194 valence electrons. The molecule has 1 fully saturated rings. The average Bonchev–Trinajstić information content (AvgIpc) is 3.37. The number of aromatic amines is 1. The van der Waals surface area contributed by atoms with Gasteiger partial charge in [0.05, 0.1) is 5.52 Å². The number of rotatable bonds is 8. The van der Waals surface area contributed by atoms with Crippen LogP contribution in [-0.4, -0.2) is 51.0 Å². The molecule has 2 aromatic carbocycles. The first-order valence-electron chi connectivity index (χ1n) is 13.0. The largest absolute Gasteiger partial charge is 0.356 e. The van der Waals surface area contributed by atoms with Crippen LogP contribution in [0.1, 0.15) is 42.1 Å². The molecule has 8 nitrogen and oxygen atoms in total. The van der Waals surface area contributed by atoms with E-state index in [1.54, 1.807) is 18.5 Å². The van der Waals surface area contributed by atoms with Crippen molar-refractivity contribution in [3.63, 3.8) is 0 Å². The summed E-state index contributed by atoms with van der Waals surface area (Å²) in [5.74, 6) is -0.0857. The van der Waals surface area contributed by atoms with E-state index in [1.165, 1.54) is 5.56 Å². The fraction of sp³-hybridized carbons (Fsp3) is 0.267. The molecule has 3 heterocycles. The first kappa shape index (κ1) is 25.4. The lowest BCUT2D eigenvalue weighted by Gasteiger charge is -2.37. The highest BCUT2D eigenvalue weighted by molar-refractivity contribution is 6.01. The minimum Gasteiger partial charge on any atom is -0.356 e. The molecular weight excluding hydrogens is 476 g/mol. The van der Waals surface area contributed by atoms with Crippen molar-refractivity contribution in [2.75, 3.05) is 13.1 Å². The molecule has 1 aliphatic heterocycles. The van der Waals surface area contributed by atoms with E-state index in [9.17, 15) is 9.59 Å². The Kier molecular flexibility index (Phi) is 7.89. The highest BCUT2D eigenvalue weighted by Gasteiger charge is 2.27. The van der Waals surface area contributed by atoms with Crippen LogP contribution in [0.2, 0.25) is 0 Å². The van der Waals surface area contributed by atoms with E-state index < -0.39 is 0 Å². The van der Waals surface area contributed by atoms with Gasteiger partial charge in [0.15, 0.2) is 0 Å². The van der Waals surface area contributed by atoms with E-state index in [-0.39, 0.29) is 17.9 Å². The van der Waals surface area contributed by atoms with Crippen molar-refractivity contribution in [3.8, 4) is 11.3 Å². The van der Waals surface area contributed by atoms with Gasteiger partial charge in [-0.3, -0.25) is 24.6 Å². The number of amides is 2. The Balaban J connectivity index is 1.30. The molecule has 0 spiro atoms. The monoisotopic (exact) mass is 508 g/mol. The molecule has 2 amide bonds. The summed E-state index contributed by atoms with van der Waals surface area (Å²) >= 11 is 0. The Bertz CT molecular complexity index is 1430. The number of carbonyl (C=O) groups excluding carboxylic acids is 2. The molecule has 0 bridgehead atoms. The van der Waals surface area contributed by atoms with Crippen LogP contribution in [0.5, 0.6) is 0 Å². The number of hydrogen-bond donors (Lipinski definition) is 3. The van der Waals surface area contributed by atoms with E-state index in [1.807, 2.05) is 55.6 Å². The molecule has 1 unspecified atom stereocenters. The molecule has 4 aromatic rings. The topological polar surface area (TPSA) is 103 Å². The van der Waals surface area contributed by atoms with Gasteiger partial charge >= 0.3 is 0 Å². The maximum atomic E-state index is 13.1. The number of likely N-dealkylation sites (tertiary alicyclic amines) is 1. The van der Waals surface area contributed by atoms with E-state index in [0.29, 0.717) is 25.1 Å². The Labute approximate surface area is 222 Å². The van der Waals surface area contributed by atoms with Crippen molar-refractivity contribution < 1.29 is 9.59 Å². The van der Waals surface area contributed by atoms with E-state index in [0.717, 1.165) is 47.1 Å². The zero-order chi connectivity index (χ0) is 26.3. The van der Waals surface area contributed by atoms with Crippen LogP contribution in [-0.2, 0) is 11.3 Å². The van der Waals surface area contributed by atoms with Gasteiger partial charge in [-0.05, 0) is 61.2 Å². The summed E-state index contributed by atoms with van der Waals surface area (Å²) < 4.78 is 0. The lowest BCUT2D eigenvalue weighted by atomic mass is 9.95. The van der Waals surface area contributed by atoms with Gasteiger partial charge in [0.1, 0.15) is 5.69 Å². The quantitative estimate of drug-likeness (QED) is 0.327. The van der Waals surface area contributed by atoms with Gasteiger partial charge in [0.25, 0.3) is 5.91 Å². The Morgan fingerprint density at radius 2 is 1.92 bits per heavy atom. The number of aromatic nitrogens is 3. The summed E-state index contributed by atoms with van der Waals surface area (Å²) in [4.78, 5) is 31.8. The predicted octanol–water partition coefficient (Wildman–Crippen LogP) is 4.43. The van der Waals surface area contributed by atoms with Gasteiger partial charge in [-0.1, -0.05) is 30.3 Å². The van der Waals surface area contributed by atoms with Gasteiger partial charge in [0.2, 0.25) is 5.91 Å². The summed E-state index contributed by atoms with van der Waals surface area (Å²) in [5.41, 5.74) is 5.51. The first-order chi connectivity index (χ1) is 18.6. The number of nitrogens with zero attached hydrogens (tertiary/aromatic N) is 3. The third-order valence-electron chi connectivity index (χ3n) is 6.93. The maximum Gasteiger partial charge on any atom is 0.255 e. The first-order valence-corrected chi connectivity index (χ1v) is 13.0. The van der Waals surface area contributed by atoms with Crippen molar-refractivity contribution in [1.29, 1.82) is 0 Å². The fourth-order valence-electron chi connectivity index (χ4n) is 4.97. The van der Waals surface area contributed by atoms with Gasteiger partial charge in [-0.2, -0.15) is 5.10 Å². The lowest BCUT2D eigenvalue weighted by Crippen LogP contribution is -2.43. The zero-order valence-electron chi connectivity index (χ0n) is 21.5. The summed E-state index contributed by atoms with van der Waals surface area (Å²) in [6, 6.07) is 19.8. The van der Waals surface area contributed by atoms with Crippen molar-refractivity contribution in [2.45, 2.75) is 38.8 Å². The Morgan fingerprint density at radius 1 is 1.11 bits per heavy atom. The predicted molar refractivity (Wildman–Crippen MR) is 148 cm³/mol. The molecule has 1 saturated heterocycles. The van der Waals surface area contributed by atoms with Crippen LogP contribution in [0.25, 0.3) is 22.2 Å². The number of hydrogen-bond acceptors (Lipinski definition) is 5. The summed E-state index contributed by atoms with van der Waals surface area (Å²) in [7, 11) is 0. The minimum absolute atomic E-state index is 0.0806. The molecule has 8 heteroatoms. The molecule has 38 heavy (non-hydrogen) atoms. The molecule has 0 radical (unpaired) electrons. The van der Waals surface area contributed by atoms with Crippen LogP contribution in [0.4, 0.5) is 0 Å². The summed E-state index contributed by atoms with van der Waals surface area (Å²) in [6.07, 6.45) is 7.47. The molecule has 2 aromatic heterocycles. The Morgan fingerprint density at radius 3 is 2.71 bits per heavy atom. The molecule has 1 atom stereocenters. The maximum absolute atomic E-state index is 13.1. The Hall–Kier alpha value is -4.30. The van der Waals surface area contributed by atoms with Crippen LogP contribution in [0, 0.1) is 0 Å². The second-order valence-corrected chi connectivity index (χ2v) is 9.59. The third kappa shape index (κ3) is 5.98. The van der Waals surface area contributed by atoms with E-state index in [4.69, 9.17) is 0 Å². The zero-order valence-corrected chi connectivity index (χ0v) is 21.5. The standard InChI is InChI=1S/C30H32N6O2/c1-2-32-28(37)17-25-10-8-22(20-36(25)19-21-6-4-3-5-7-21)18-33-30(38)24-9-11-27-26(16-24)29(35-34-27)23-12-14-31-15-13-23/h3-7,9,11-16,18,25H,2,8,10,17,19-20H2,1H3,(H,32,37)(H,33,38)(H,34,35)/b22-18+. The second kappa shape index (κ2) is 11.8. The number of nitrogens with one attached hydrogen (secondary N) is 3. The van der Waals surface area contributed by atoms with Crippen LogP contribution in [0.15, 0.2) is 84.8 Å². The average molecular weight is 509 g/mol. The number of benzene rings is 2. The fourth-order valence-corrected chi connectivity index (χ4v) is 4.97. The lowest BCUT2D eigenvalue weighted by molar-refractivity contribution is -0.122. The van der Waals surface area contributed by atoms with Crippen molar-refractivity contribution >= 4 is 22.7 Å². The number of piperidine rings is 1. The molecule has 5 rings (SSSR count). The molecular formula is C30H32N6O2. The third-order valence-corrected chi connectivity index (χ3v) is 6.93. The van der Waals surface area contributed by atoms with Crippen LogP contribution < -0.4 is 10.6 Å². The number of pyridine rings is 1. The molecule has 1 aliphatic rings. The number of fused-ring (bicyclic) bond motifs is 1. The molecule has 3 N–H and O–H groups in total. The van der Waals surface area contributed by atoms with Crippen LogP contribution >= 0.6 is 0 Å². The molecule has 0 aliphatic carbocycles. The second-order valence-electron chi connectivity index (χ2n) is 9.59. The van der Waals surface area contributed by atoms with Crippen LogP contribution in [0.3, 0.4) is 0 Å². The van der Waals surface area contributed by atoms with Gasteiger partial charge in [0, 0.05) is 67.2 Å². The summed E-state index contributed by atoms with van der Waals surface area (Å²) in [6.45, 7) is 4.03. The van der Waals surface area contributed by atoms with Gasteiger partial charge in [-0.25, -0.2) is 0 Å². The minimum atomic E-state index is -0.166. The smallest absolute Gasteiger partial charge is 0.255 e. The van der Waals surface area contributed by atoms with Crippen molar-refractivity contribution in [3.05, 3.63) is 96.0 Å². The van der Waals surface area contributed by atoms with Gasteiger partial charge < -0.3 is 10.6 Å². The SMILES string of the molecule is CCNC(=O)CC1CC/C(=C\NC(=O)c2ccc3[nH]nc(-c4ccncc4)c3c2)CN1Cc1ccccc1. The number of H-pyrrole nitrogens is 1. The highest BCUT2D eigenvalue weighted by atomic mass is 16.2. The molecule has 0 saturated carbocycles. The van der Waals surface area contributed by atoms with Gasteiger partial charge in [-0.15, -0.1) is 0 Å². The van der Waals surface area contributed by atoms with E-state index >= 15 is 0 Å². The summed E-state index contributed by atoms with van der Waals surface area (Å²) in [5, 5.41) is 14.3. The van der Waals surface area contributed by atoms with Crippen molar-refractivity contribution in [2.24, 2.45) is 0 Å². The number of carbonyl (C=O) groups is 2. The van der Waals surface area contributed by atoms with Crippen molar-refractivity contribution in [1.82, 2.24) is 30.7 Å².